The number of nitrogens with one attached hydrogen (secondary N) is 1. The highest BCUT2D eigenvalue weighted by Crippen LogP contribution is 2.11. The van der Waals surface area contributed by atoms with E-state index in [0.717, 1.165) is 43.5 Å². The molecular weight excluding hydrogens is 290 g/mol. The van der Waals surface area contributed by atoms with Crippen LogP contribution in [0.4, 0.5) is 0 Å². The fourth-order valence-electron chi connectivity index (χ4n) is 2.24. The molecule has 5 heteroatoms. The lowest BCUT2D eigenvalue weighted by molar-refractivity contribution is 0.456. The van der Waals surface area contributed by atoms with Crippen LogP contribution in [0.1, 0.15) is 30.9 Å². The van der Waals surface area contributed by atoms with Crippen LogP contribution < -0.4 is 5.32 Å². The fraction of sp³-hybridized carbons (Fsp3) is 0.500. The summed E-state index contributed by atoms with van der Waals surface area (Å²) in [6.07, 6.45) is 4.27. The monoisotopic (exact) mass is 317 g/mol. The third kappa shape index (κ3) is 5.51. The molecule has 0 bridgehead atoms. The molecule has 2 aromatic rings. The molecule has 0 atom stereocenters. The van der Waals surface area contributed by atoms with E-state index in [9.17, 15) is 0 Å². The average molecular weight is 317 g/mol. The minimum absolute atomic E-state index is 0.529. The maximum Gasteiger partial charge on any atom is 0.193 e. The van der Waals surface area contributed by atoms with Gasteiger partial charge in [-0.15, -0.1) is 0 Å². The zero-order valence-electron chi connectivity index (χ0n) is 14.5. The van der Waals surface area contributed by atoms with Gasteiger partial charge in [-0.2, -0.15) is 0 Å². The van der Waals surface area contributed by atoms with Crippen molar-refractivity contribution in [1.29, 1.82) is 0 Å². The number of furan rings is 2. The van der Waals surface area contributed by atoms with Crippen molar-refractivity contribution in [2.45, 2.75) is 33.7 Å². The van der Waals surface area contributed by atoms with Crippen molar-refractivity contribution in [3.63, 3.8) is 0 Å². The first-order chi connectivity index (χ1) is 11.1. The highest BCUT2D eigenvalue weighted by atomic mass is 16.3. The molecule has 0 saturated carbocycles. The predicted octanol–water partition coefficient (Wildman–Crippen LogP) is 3.46. The minimum Gasteiger partial charge on any atom is -0.469 e. The van der Waals surface area contributed by atoms with Crippen LogP contribution in [-0.2, 0) is 13.0 Å². The molecule has 0 fully saturated rings. The van der Waals surface area contributed by atoms with Crippen molar-refractivity contribution < 1.29 is 8.83 Å². The Hall–Kier alpha value is -2.17. The maximum absolute atomic E-state index is 5.37. The molecule has 1 N–H and O–H groups in total. The summed E-state index contributed by atoms with van der Waals surface area (Å²) in [4.78, 5) is 6.85. The molecule has 0 amide bonds. The molecule has 0 aliphatic heterocycles. The summed E-state index contributed by atoms with van der Waals surface area (Å²) >= 11 is 0. The predicted molar refractivity (Wildman–Crippen MR) is 92.5 cm³/mol. The number of aliphatic imine (C=N–C) groups is 1. The van der Waals surface area contributed by atoms with E-state index in [1.54, 1.807) is 12.5 Å². The van der Waals surface area contributed by atoms with Crippen LogP contribution in [0.3, 0.4) is 0 Å². The van der Waals surface area contributed by atoms with Gasteiger partial charge >= 0.3 is 0 Å². The van der Waals surface area contributed by atoms with Crippen molar-refractivity contribution >= 4 is 5.96 Å². The Bertz CT molecular complexity index is 600. The van der Waals surface area contributed by atoms with Gasteiger partial charge in [-0.1, -0.05) is 13.8 Å². The zero-order valence-corrected chi connectivity index (χ0v) is 14.5. The molecule has 2 aromatic heterocycles. The minimum atomic E-state index is 0.529. The van der Waals surface area contributed by atoms with Crippen LogP contribution in [0, 0.1) is 12.8 Å². The Labute approximate surface area is 138 Å². The summed E-state index contributed by atoms with van der Waals surface area (Å²) in [5.41, 5.74) is 1.18. The van der Waals surface area contributed by atoms with Crippen LogP contribution in [-0.4, -0.2) is 31.0 Å². The second-order valence-electron chi connectivity index (χ2n) is 6.17. The van der Waals surface area contributed by atoms with E-state index in [2.05, 4.69) is 24.1 Å². The van der Waals surface area contributed by atoms with Gasteiger partial charge < -0.3 is 19.1 Å². The quantitative estimate of drug-likeness (QED) is 0.628. The van der Waals surface area contributed by atoms with E-state index < -0.39 is 0 Å². The van der Waals surface area contributed by atoms with Crippen molar-refractivity contribution in [2.24, 2.45) is 10.9 Å². The van der Waals surface area contributed by atoms with E-state index in [1.807, 2.05) is 32.2 Å². The molecule has 0 unspecified atom stereocenters. The number of nitrogens with zero attached hydrogens (tertiary/aromatic N) is 2. The Morgan fingerprint density at radius 1 is 1.26 bits per heavy atom. The van der Waals surface area contributed by atoms with Crippen molar-refractivity contribution in [2.75, 3.05) is 20.1 Å². The second kappa shape index (κ2) is 8.46. The molecule has 0 aliphatic rings. The van der Waals surface area contributed by atoms with Gasteiger partial charge in [0.05, 0.1) is 12.5 Å². The van der Waals surface area contributed by atoms with Gasteiger partial charge in [0.2, 0.25) is 0 Å². The summed E-state index contributed by atoms with van der Waals surface area (Å²) in [7, 11) is 2.05. The molecule has 23 heavy (non-hydrogen) atoms. The van der Waals surface area contributed by atoms with E-state index in [4.69, 9.17) is 13.8 Å². The fourth-order valence-corrected chi connectivity index (χ4v) is 2.24. The molecule has 0 aromatic carbocycles. The first kappa shape index (κ1) is 17.2. The average Bonchev–Trinajstić information content (AvgIpc) is 3.15. The first-order valence-electron chi connectivity index (χ1n) is 8.11. The smallest absolute Gasteiger partial charge is 0.193 e. The van der Waals surface area contributed by atoms with Gasteiger partial charge in [0.25, 0.3) is 0 Å². The third-order valence-corrected chi connectivity index (χ3v) is 3.58. The number of hydrogen-bond donors (Lipinski definition) is 1. The Kier molecular flexibility index (Phi) is 6.32. The number of rotatable bonds is 7. The Morgan fingerprint density at radius 2 is 2.09 bits per heavy atom. The maximum atomic E-state index is 5.37. The zero-order chi connectivity index (χ0) is 16.7. The molecule has 0 radical (unpaired) electrons. The van der Waals surface area contributed by atoms with Gasteiger partial charge in [0.15, 0.2) is 5.96 Å². The summed E-state index contributed by atoms with van der Waals surface area (Å²) < 4.78 is 10.7. The Morgan fingerprint density at radius 3 is 2.70 bits per heavy atom. The molecule has 0 spiro atoms. The summed E-state index contributed by atoms with van der Waals surface area (Å²) in [6, 6.07) is 5.91. The van der Waals surface area contributed by atoms with Crippen molar-refractivity contribution in [3.8, 4) is 0 Å². The number of guanidine groups is 1. The second-order valence-corrected chi connectivity index (χ2v) is 6.17. The van der Waals surface area contributed by atoms with Crippen LogP contribution >= 0.6 is 0 Å². The highest BCUT2D eigenvalue weighted by molar-refractivity contribution is 5.79. The molecule has 2 rings (SSSR count). The van der Waals surface area contributed by atoms with Crippen molar-refractivity contribution in [3.05, 3.63) is 47.8 Å². The van der Waals surface area contributed by atoms with Gasteiger partial charge in [-0.25, -0.2) is 0 Å². The molecular formula is C18H27N3O2. The third-order valence-electron chi connectivity index (χ3n) is 3.58. The van der Waals surface area contributed by atoms with E-state index >= 15 is 0 Å². The lowest BCUT2D eigenvalue weighted by atomic mass is 10.2. The molecule has 0 aliphatic carbocycles. The molecule has 5 nitrogen and oxygen atoms in total. The first-order valence-corrected chi connectivity index (χ1v) is 8.11. The Balaban J connectivity index is 1.95. The SMILES string of the molecule is Cc1occc1CN(C)C(=NCC(C)C)NCCc1ccco1. The van der Waals surface area contributed by atoms with Gasteiger partial charge in [-0.3, -0.25) is 4.99 Å². The largest absolute Gasteiger partial charge is 0.469 e. The van der Waals surface area contributed by atoms with Crippen molar-refractivity contribution in [1.82, 2.24) is 10.2 Å². The van der Waals surface area contributed by atoms with Crippen LogP contribution in [0.5, 0.6) is 0 Å². The number of aryl methyl sites for hydroxylation is 1. The number of hydrogen-bond acceptors (Lipinski definition) is 3. The summed E-state index contributed by atoms with van der Waals surface area (Å²) in [5.74, 6) is 3.37. The van der Waals surface area contributed by atoms with Crippen LogP contribution in [0.25, 0.3) is 0 Å². The normalized spacial score (nSPS) is 12.0. The van der Waals surface area contributed by atoms with Gasteiger partial charge in [-0.05, 0) is 31.0 Å². The summed E-state index contributed by atoms with van der Waals surface area (Å²) in [6.45, 7) is 8.69. The molecule has 126 valence electrons. The lowest BCUT2D eigenvalue weighted by Gasteiger charge is -2.22. The van der Waals surface area contributed by atoms with Gasteiger partial charge in [0.1, 0.15) is 11.5 Å². The summed E-state index contributed by atoms with van der Waals surface area (Å²) in [5, 5.41) is 3.43. The van der Waals surface area contributed by atoms with Gasteiger partial charge in [0, 0.05) is 38.7 Å². The van der Waals surface area contributed by atoms with Crippen LogP contribution in [0.2, 0.25) is 0 Å². The van der Waals surface area contributed by atoms with E-state index in [0.29, 0.717) is 5.92 Å². The lowest BCUT2D eigenvalue weighted by Crippen LogP contribution is -2.39. The van der Waals surface area contributed by atoms with E-state index in [1.165, 1.54) is 5.56 Å². The van der Waals surface area contributed by atoms with E-state index in [-0.39, 0.29) is 0 Å². The topological polar surface area (TPSA) is 53.9 Å². The highest BCUT2D eigenvalue weighted by Gasteiger charge is 2.10. The van der Waals surface area contributed by atoms with Crippen LogP contribution in [0.15, 0.2) is 44.6 Å². The molecule has 0 saturated heterocycles. The standard InChI is InChI=1S/C18H27N3O2/c1-14(2)12-20-18(19-9-7-17-6-5-10-23-17)21(4)13-16-8-11-22-15(16)3/h5-6,8,10-11,14H,7,9,12-13H2,1-4H3,(H,19,20). The molecule has 2 heterocycles.